The number of methoxy groups -OCH3 is 1. The van der Waals surface area contributed by atoms with E-state index in [9.17, 15) is 14.7 Å². The third kappa shape index (κ3) is 3.14. The number of likely N-dealkylation sites (tertiary alicyclic amines) is 1. The van der Waals surface area contributed by atoms with Gasteiger partial charge in [0.1, 0.15) is 5.41 Å². The molecule has 1 unspecified atom stereocenters. The van der Waals surface area contributed by atoms with Crippen LogP contribution in [0.4, 0.5) is 0 Å². The van der Waals surface area contributed by atoms with Crippen molar-refractivity contribution in [1.82, 2.24) is 4.90 Å². The topological polar surface area (TPSA) is 66.8 Å². The van der Waals surface area contributed by atoms with Crippen molar-refractivity contribution in [2.24, 2.45) is 5.41 Å². The molecular weight excluding hydrogens is 282 g/mol. The van der Waals surface area contributed by atoms with Crippen molar-refractivity contribution in [3.63, 3.8) is 0 Å². The molecule has 5 nitrogen and oxygen atoms in total. The fraction of sp³-hybridized carbons (Fsp3) is 0.529. The van der Waals surface area contributed by atoms with Crippen LogP contribution in [0.3, 0.4) is 0 Å². The zero-order valence-corrected chi connectivity index (χ0v) is 13.4. The lowest BCUT2D eigenvalue weighted by Gasteiger charge is -2.39. The molecule has 0 radical (unpaired) electrons. The Hall–Kier alpha value is -1.88. The molecule has 22 heavy (non-hydrogen) atoms. The molecule has 0 saturated carbocycles. The summed E-state index contributed by atoms with van der Waals surface area (Å²) in [6.45, 7) is 4.87. The van der Waals surface area contributed by atoms with Crippen LogP contribution in [0, 0.1) is 19.3 Å². The number of carbonyl (C=O) groups is 2. The third-order valence-electron chi connectivity index (χ3n) is 4.49. The fourth-order valence-electron chi connectivity index (χ4n) is 2.99. The predicted molar refractivity (Wildman–Crippen MR) is 83.0 cm³/mol. The average Bonchev–Trinajstić information content (AvgIpc) is 2.49. The van der Waals surface area contributed by atoms with Gasteiger partial charge >= 0.3 is 5.97 Å². The molecule has 0 spiro atoms. The predicted octanol–water partition coefficient (Wildman–Crippen LogP) is 2.26. The van der Waals surface area contributed by atoms with E-state index < -0.39 is 11.4 Å². The van der Waals surface area contributed by atoms with Crippen LogP contribution >= 0.6 is 0 Å². The SMILES string of the molecule is COCC1(C(=O)O)CCCN(C(=O)c2ccc(C)c(C)c2)C1. The van der Waals surface area contributed by atoms with E-state index in [0.29, 0.717) is 24.9 Å². The van der Waals surface area contributed by atoms with Crippen molar-refractivity contribution in [3.05, 3.63) is 34.9 Å². The molecule has 1 aromatic carbocycles. The van der Waals surface area contributed by atoms with Gasteiger partial charge in [-0.1, -0.05) is 6.07 Å². The van der Waals surface area contributed by atoms with Crippen LogP contribution in [0.15, 0.2) is 18.2 Å². The van der Waals surface area contributed by atoms with Gasteiger partial charge in [0.05, 0.1) is 6.61 Å². The molecule has 120 valence electrons. The summed E-state index contributed by atoms with van der Waals surface area (Å²) in [7, 11) is 1.49. The molecule has 1 amide bonds. The van der Waals surface area contributed by atoms with Crippen LogP contribution in [0.5, 0.6) is 0 Å². The highest BCUT2D eigenvalue weighted by Crippen LogP contribution is 2.31. The zero-order valence-electron chi connectivity index (χ0n) is 13.4. The van der Waals surface area contributed by atoms with E-state index >= 15 is 0 Å². The molecule has 5 heteroatoms. The smallest absolute Gasteiger partial charge is 0.313 e. The standard InChI is InChI=1S/C17H23NO4/c1-12-5-6-14(9-13(12)2)15(19)18-8-4-7-17(10-18,11-22-3)16(20)21/h5-6,9H,4,7-8,10-11H2,1-3H3,(H,20,21). The summed E-state index contributed by atoms with van der Waals surface area (Å²) in [5.41, 5.74) is 1.81. The Balaban J connectivity index is 2.22. The zero-order chi connectivity index (χ0) is 16.3. The van der Waals surface area contributed by atoms with Crippen LogP contribution in [-0.2, 0) is 9.53 Å². The van der Waals surface area contributed by atoms with Gasteiger partial charge in [-0.15, -0.1) is 0 Å². The first kappa shape index (κ1) is 16.5. The Morgan fingerprint density at radius 3 is 2.64 bits per heavy atom. The second kappa shape index (κ2) is 6.48. The van der Waals surface area contributed by atoms with E-state index in [1.54, 1.807) is 11.0 Å². The number of benzene rings is 1. The van der Waals surface area contributed by atoms with Gasteiger partial charge in [-0.25, -0.2) is 0 Å². The number of carboxylic acid groups (broad SMARTS) is 1. The molecule has 1 saturated heterocycles. The monoisotopic (exact) mass is 305 g/mol. The lowest BCUT2D eigenvalue weighted by molar-refractivity contribution is -0.155. The number of ether oxygens (including phenoxy) is 1. The summed E-state index contributed by atoms with van der Waals surface area (Å²) in [6, 6.07) is 5.59. The molecule has 1 aliphatic rings. The van der Waals surface area contributed by atoms with Crippen molar-refractivity contribution in [2.45, 2.75) is 26.7 Å². The van der Waals surface area contributed by atoms with Gasteiger partial charge in [-0.05, 0) is 49.9 Å². The van der Waals surface area contributed by atoms with E-state index in [4.69, 9.17) is 4.74 Å². The number of aryl methyl sites for hydroxylation is 2. The summed E-state index contributed by atoms with van der Waals surface area (Å²) < 4.78 is 5.10. The van der Waals surface area contributed by atoms with E-state index in [-0.39, 0.29) is 19.1 Å². The summed E-state index contributed by atoms with van der Waals surface area (Å²) in [4.78, 5) is 26.0. The van der Waals surface area contributed by atoms with Crippen LogP contribution in [0.2, 0.25) is 0 Å². The number of carbonyl (C=O) groups excluding carboxylic acids is 1. The second-order valence-corrected chi connectivity index (χ2v) is 6.15. The van der Waals surface area contributed by atoms with Crippen molar-refractivity contribution < 1.29 is 19.4 Å². The first-order chi connectivity index (χ1) is 10.4. The average molecular weight is 305 g/mol. The largest absolute Gasteiger partial charge is 0.481 e. The summed E-state index contributed by atoms with van der Waals surface area (Å²) in [5, 5.41) is 9.55. The maximum atomic E-state index is 12.7. The molecule has 0 aliphatic carbocycles. The fourth-order valence-corrected chi connectivity index (χ4v) is 2.99. The van der Waals surface area contributed by atoms with E-state index in [2.05, 4.69) is 0 Å². The van der Waals surface area contributed by atoms with Gasteiger partial charge in [-0.2, -0.15) is 0 Å². The molecule has 1 aliphatic heterocycles. The minimum Gasteiger partial charge on any atom is -0.481 e. The lowest BCUT2D eigenvalue weighted by atomic mass is 9.80. The van der Waals surface area contributed by atoms with Crippen molar-refractivity contribution in [1.29, 1.82) is 0 Å². The first-order valence-corrected chi connectivity index (χ1v) is 7.48. The Labute approximate surface area is 130 Å². The third-order valence-corrected chi connectivity index (χ3v) is 4.49. The molecule has 1 aromatic rings. The number of amides is 1. The number of piperidine rings is 1. The Morgan fingerprint density at radius 1 is 1.32 bits per heavy atom. The number of hydrogen-bond acceptors (Lipinski definition) is 3. The van der Waals surface area contributed by atoms with Gasteiger partial charge in [0.25, 0.3) is 5.91 Å². The Kier molecular flexibility index (Phi) is 4.86. The molecule has 1 N–H and O–H groups in total. The van der Waals surface area contributed by atoms with Crippen LogP contribution in [-0.4, -0.2) is 48.7 Å². The van der Waals surface area contributed by atoms with Gasteiger partial charge in [-0.3, -0.25) is 9.59 Å². The molecule has 1 heterocycles. The minimum atomic E-state index is -0.998. The molecule has 1 fully saturated rings. The number of rotatable bonds is 4. The highest BCUT2D eigenvalue weighted by molar-refractivity contribution is 5.95. The molecule has 1 atom stereocenters. The molecule has 0 bridgehead atoms. The minimum absolute atomic E-state index is 0.107. The van der Waals surface area contributed by atoms with Crippen molar-refractivity contribution in [2.75, 3.05) is 26.8 Å². The van der Waals surface area contributed by atoms with E-state index in [1.807, 2.05) is 26.0 Å². The summed E-state index contributed by atoms with van der Waals surface area (Å²) in [6.07, 6.45) is 1.21. The summed E-state index contributed by atoms with van der Waals surface area (Å²) in [5.74, 6) is -1.00. The molecular formula is C17H23NO4. The maximum Gasteiger partial charge on any atom is 0.313 e. The van der Waals surface area contributed by atoms with Gasteiger partial charge < -0.3 is 14.7 Å². The highest BCUT2D eigenvalue weighted by atomic mass is 16.5. The number of carboxylic acids is 1. The van der Waals surface area contributed by atoms with Crippen LogP contribution in [0.25, 0.3) is 0 Å². The van der Waals surface area contributed by atoms with Gasteiger partial charge in [0.15, 0.2) is 0 Å². The maximum absolute atomic E-state index is 12.7. The van der Waals surface area contributed by atoms with Gasteiger partial charge in [0.2, 0.25) is 0 Å². The normalized spacial score (nSPS) is 21.7. The van der Waals surface area contributed by atoms with Crippen LogP contribution in [0.1, 0.15) is 34.3 Å². The highest BCUT2D eigenvalue weighted by Gasteiger charge is 2.43. The molecule has 0 aromatic heterocycles. The molecule has 2 rings (SSSR count). The number of hydrogen-bond donors (Lipinski definition) is 1. The van der Waals surface area contributed by atoms with Gasteiger partial charge in [0, 0.05) is 25.8 Å². The van der Waals surface area contributed by atoms with Crippen molar-refractivity contribution in [3.8, 4) is 0 Å². The lowest BCUT2D eigenvalue weighted by Crippen LogP contribution is -2.52. The van der Waals surface area contributed by atoms with E-state index in [1.165, 1.54) is 7.11 Å². The number of nitrogens with zero attached hydrogens (tertiary/aromatic N) is 1. The number of aliphatic carboxylic acids is 1. The first-order valence-electron chi connectivity index (χ1n) is 7.48. The van der Waals surface area contributed by atoms with Crippen molar-refractivity contribution >= 4 is 11.9 Å². The van der Waals surface area contributed by atoms with E-state index in [0.717, 1.165) is 11.1 Å². The Bertz CT molecular complexity index is 580. The Morgan fingerprint density at radius 2 is 2.05 bits per heavy atom. The quantitative estimate of drug-likeness (QED) is 0.926. The van der Waals surface area contributed by atoms with Crippen LogP contribution < -0.4 is 0 Å². The second-order valence-electron chi connectivity index (χ2n) is 6.15. The summed E-state index contributed by atoms with van der Waals surface area (Å²) >= 11 is 0.